The maximum atomic E-state index is 12.1. The summed E-state index contributed by atoms with van der Waals surface area (Å²) in [5.74, 6) is 1.36. The van der Waals surface area contributed by atoms with Crippen LogP contribution >= 0.6 is 0 Å². The second-order valence-electron chi connectivity index (χ2n) is 6.55. The Bertz CT molecular complexity index is 286. The van der Waals surface area contributed by atoms with Crippen LogP contribution in [0.4, 0.5) is 0 Å². The summed E-state index contributed by atoms with van der Waals surface area (Å²) in [4.78, 5) is 14.5. The van der Waals surface area contributed by atoms with Crippen molar-refractivity contribution in [2.75, 3.05) is 19.7 Å². The lowest BCUT2D eigenvalue weighted by Gasteiger charge is -2.37. The van der Waals surface area contributed by atoms with E-state index in [1.165, 1.54) is 32.1 Å². The Labute approximate surface area is 117 Å². The summed E-state index contributed by atoms with van der Waals surface area (Å²) < 4.78 is 0. The summed E-state index contributed by atoms with van der Waals surface area (Å²) >= 11 is 0. The third-order valence-electron chi connectivity index (χ3n) is 4.96. The van der Waals surface area contributed by atoms with Gasteiger partial charge in [0.15, 0.2) is 0 Å². The van der Waals surface area contributed by atoms with Gasteiger partial charge >= 0.3 is 0 Å². The van der Waals surface area contributed by atoms with Crippen LogP contribution in [0.1, 0.15) is 58.3 Å². The Morgan fingerprint density at radius 1 is 1.21 bits per heavy atom. The lowest BCUT2D eigenvalue weighted by Crippen LogP contribution is -2.44. The number of rotatable bonds is 5. The van der Waals surface area contributed by atoms with Gasteiger partial charge in [-0.1, -0.05) is 26.2 Å². The summed E-state index contributed by atoms with van der Waals surface area (Å²) in [5.41, 5.74) is 0. The van der Waals surface area contributed by atoms with Crippen molar-refractivity contribution in [1.82, 2.24) is 4.90 Å². The van der Waals surface area contributed by atoms with Crippen molar-refractivity contribution in [3.63, 3.8) is 0 Å². The molecule has 2 fully saturated rings. The number of nitrogens with zero attached hydrogens (tertiary/aromatic N) is 1. The number of hydrogen-bond donors (Lipinski definition) is 1. The molecular weight excluding hydrogens is 238 g/mol. The van der Waals surface area contributed by atoms with Crippen LogP contribution in [-0.2, 0) is 4.79 Å². The first-order chi connectivity index (χ1) is 9.20. The molecule has 0 saturated heterocycles. The third-order valence-corrected chi connectivity index (χ3v) is 4.96. The zero-order valence-corrected chi connectivity index (χ0v) is 12.3. The highest BCUT2D eigenvalue weighted by Gasteiger charge is 2.30. The van der Waals surface area contributed by atoms with E-state index >= 15 is 0 Å². The fourth-order valence-electron chi connectivity index (χ4n) is 3.78. The molecule has 2 unspecified atom stereocenters. The Kier molecular flexibility index (Phi) is 5.83. The van der Waals surface area contributed by atoms with E-state index in [4.69, 9.17) is 0 Å². The minimum Gasteiger partial charge on any atom is -0.395 e. The number of hydrogen-bond acceptors (Lipinski definition) is 3. The largest absolute Gasteiger partial charge is 0.395 e. The van der Waals surface area contributed by atoms with Crippen molar-refractivity contribution in [3.05, 3.63) is 0 Å². The highest BCUT2D eigenvalue weighted by atomic mass is 16.3. The number of Topliss-reactive ketones (excluding diaryl/α,β-unsaturated/α-hetero) is 1. The van der Waals surface area contributed by atoms with E-state index in [0.717, 1.165) is 32.4 Å². The highest BCUT2D eigenvalue weighted by molar-refractivity contribution is 5.81. The third kappa shape index (κ3) is 4.28. The molecule has 0 radical (unpaired) electrons. The Hall–Kier alpha value is -0.410. The average molecular weight is 267 g/mol. The van der Waals surface area contributed by atoms with Crippen LogP contribution < -0.4 is 0 Å². The van der Waals surface area contributed by atoms with E-state index in [9.17, 15) is 9.90 Å². The maximum Gasteiger partial charge on any atom is 0.137 e. The van der Waals surface area contributed by atoms with Crippen molar-refractivity contribution in [1.29, 1.82) is 0 Å². The Morgan fingerprint density at radius 3 is 2.63 bits per heavy atom. The summed E-state index contributed by atoms with van der Waals surface area (Å²) in [7, 11) is 0. The molecule has 0 amide bonds. The van der Waals surface area contributed by atoms with Gasteiger partial charge in [0, 0.05) is 31.5 Å². The highest BCUT2D eigenvalue weighted by Crippen LogP contribution is 2.29. The van der Waals surface area contributed by atoms with Gasteiger partial charge in [0.1, 0.15) is 5.78 Å². The first-order valence-corrected chi connectivity index (χ1v) is 8.08. The smallest absolute Gasteiger partial charge is 0.137 e. The van der Waals surface area contributed by atoms with Gasteiger partial charge in [-0.2, -0.15) is 0 Å². The number of carbonyl (C=O) groups excluding carboxylic acids is 1. The van der Waals surface area contributed by atoms with Crippen LogP contribution in [-0.4, -0.2) is 41.5 Å². The molecule has 0 aliphatic heterocycles. The number of carbonyl (C=O) groups is 1. The van der Waals surface area contributed by atoms with Gasteiger partial charge in [0.25, 0.3) is 0 Å². The number of ketones is 1. The first-order valence-electron chi connectivity index (χ1n) is 8.08. The summed E-state index contributed by atoms with van der Waals surface area (Å²) in [5, 5.41) is 9.29. The van der Waals surface area contributed by atoms with E-state index < -0.39 is 0 Å². The second kappa shape index (κ2) is 7.39. The molecule has 2 rings (SSSR count). The molecule has 2 saturated carbocycles. The van der Waals surface area contributed by atoms with Crippen LogP contribution in [0.2, 0.25) is 0 Å². The maximum absolute atomic E-state index is 12.1. The standard InChI is InChI=1S/C16H29NO2/c1-13-7-8-16(19)14(11-13)12-17(9-10-18)15-5-3-2-4-6-15/h13-15,18H,2-12H2,1H3. The van der Waals surface area contributed by atoms with Gasteiger partial charge in [0.2, 0.25) is 0 Å². The van der Waals surface area contributed by atoms with Crippen molar-refractivity contribution < 1.29 is 9.90 Å². The van der Waals surface area contributed by atoms with Gasteiger partial charge in [-0.25, -0.2) is 0 Å². The monoisotopic (exact) mass is 267 g/mol. The van der Waals surface area contributed by atoms with Crippen molar-refractivity contribution in [3.8, 4) is 0 Å². The topological polar surface area (TPSA) is 40.5 Å². The van der Waals surface area contributed by atoms with Crippen LogP contribution in [0.3, 0.4) is 0 Å². The predicted molar refractivity (Wildman–Crippen MR) is 77.0 cm³/mol. The summed E-state index contributed by atoms with van der Waals surface area (Å²) in [6.07, 6.45) is 9.34. The Balaban J connectivity index is 1.92. The quantitative estimate of drug-likeness (QED) is 0.832. The molecule has 0 aromatic heterocycles. The zero-order valence-electron chi connectivity index (χ0n) is 12.3. The van der Waals surface area contributed by atoms with Gasteiger partial charge in [-0.05, 0) is 31.6 Å². The van der Waals surface area contributed by atoms with Gasteiger partial charge < -0.3 is 5.11 Å². The summed E-state index contributed by atoms with van der Waals surface area (Å²) in [6, 6.07) is 0.603. The molecule has 2 aliphatic carbocycles. The molecule has 2 atom stereocenters. The molecular formula is C16H29NO2. The fraction of sp³-hybridized carbons (Fsp3) is 0.938. The lowest BCUT2D eigenvalue weighted by atomic mass is 9.80. The van der Waals surface area contributed by atoms with Gasteiger partial charge in [-0.15, -0.1) is 0 Å². The molecule has 0 spiro atoms. The van der Waals surface area contributed by atoms with E-state index in [-0.39, 0.29) is 12.5 Å². The van der Waals surface area contributed by atoms with E-state index in [1.807, 2.05) is 0 Å². The zero-order chi connectivity index (χ0) is 13.7. The van der Waals surface area contributed by atoms with Crippen molar-refractivity contribution in [2.45, 2.75) is 64.3 Å². The fourth-order valence-corrected chi connectivity index (χ4v) is 3.78. The van der Waals surface area contributed by atoms with Crippen LogP contribution in [0, 0.1) is 11.8 Å². The van der Waals surface area contributed by atoms with E-state index in [2.05, 4.69) is 11.8 Å². The van der Waals surface area contributed by atoms with Crippen LogP contribution in [0.25, 0.3) is 0 Å². The van der Waals surface area contributed by atoms with E-state index in [1.54, 1.807) is 0 Å². The molecule has 3 heteroatoms. The van der Waals surface area contributed by atoms with Crippen molar-refractivity contribution >= 4 is 5.78 Å². The number of aliphatic hydroxyl groups excluding tert-OH is 1. The average Bonchev–Trinajstić information content (AvgIpc) is 2.43. The molecule has 0 aromatic carbocycles. The van der Waals surface area contributed by atoms with E-state index in [0.29, 0.717) is 17.7 Å². The molecule has 19 heavy (non-hydrogen) atoms. The molecule has 1 N–H and O–H groups in total. The minimum atomic E-state index is 0.215. The molecule has 2 aliphatic rings. The normalized spacial score (nSPS) is 29.9. The van der Waals surface area contributed by atoms with Gasteiger partial charge in [-0.3, -0.25) is 9.69 Å². The second-order valence-corrected chi connectivity index (χ2v) is 6.55. The molecule has 0 heterocycles. The molecule has 3 nitrogen and oxygen atoms in total. The van der Waals surface area contributed by atoms with Crippen LogP contribution in [0.15, 0.2) is 0 Å². The SMILES string of the molecule is CC1CCC(=O)C(CN(CCO)C2CCCCC2)C1. The van der Waals surface area contributed by atoms with Crippen LogP contribution in [0.5, 0.6) is 0 Å². The first kappa shape index (κ1) is 15.0. The molecule has 0 bridgehead atoms. The minimum absolute atomic E-state index is 0.215. The molecule has 0 aromatic rings. The Morgan fingerprint density at radius 2 is 1.95 bits per heavy atom. The summed E-state index contributed by atoms with van der Waals surface area (Å²) in [6.45, 7) is 4.10. The van der Waals surface area contributed by atoms with Gasteiger partial charge in [0.05, 0.1) is 6.61 Å². The van der Waals surface area contributed by atoms with Crippen molar-refractivity contribution in [2.24, 2.45) is 11.8 Å². The number of aliphatic hydroxyl groups is 1. The molecule has 110 valence electrons. The predicted octanol–water partition coefficient (Wildman–Crippen LogP) is 2.62. The lowest BCUT2D eigenvalue weighted by molar-refractivity contribution is -0.126.